The maximum Gasteiger partial charge on any atom is 0.133 e. The second-order valence-electron chi connectivity index (χ2n) is 3.76. The van der Waals surface area contributed by atoms with Gasteiger partial charge in [0.05, 0.1) is 0 Å². The summed E-state index contributed by atoms with van der Waals surface area (Å²) in [5.41, 5.74) is 0. The predicted molar refractivity (Wildman–Crippen MR) is 72.9 cm³/mol. The Hall–Kier alpha value is -1.62. The minimum atomic E-state index is 0.845. The number of thiophene rings is 1. The van der Waals surface area contributed by atoms with E-state index in [0.29, 0.717) is 0 Å². The van der Waals surface area contributed by atoms with Crippen LogP contribution in [0.1, 0.15) is 4.88 Å². The van der Waals surface area contributed by atoms with Crippen LogP contribution in [0.3, 0.4) is 0 Å². The molecule has 2 aromatic rings. The van der Waals surface area contributed by atoms with Crippen LogP contribution in [0.4, 0.5) is 11.6 Å². The van der Waals surface area contributed by atoms with Crippen LogP contribution in [0.15, 0.2) is 29.9 Å². The lowest BCUT2D eigenvalue weighted by molar-refractivity contribution is 0.865. The Bertz CT molecular complexity index is 455. The molecule has 0 bridgehead atoms. The Labute approximate surface area is 105 Å². The van der Waals surface area contributed by atoms with Gasteiger partial charge in [0.2, 0.25) is 0 Å². The summed E-state index contributed by atoms with van der Waals surface area (Å²) in [6.45, 7) is 0.959. The summed E-state index contributed by atoms with van der Waals surface area (Å²) in [6.07, 6.45) is 2.63. The van der Waals surface area contributed by atoms with Crippen molar-refractivity contribution in [2.24, 2.45) is 0 Å². The first-order valence-electron chi connectivity index (χ1n) is 5.53. The second-order valence-corrected chi connectivity index (χ2v) is 4.79. The van der Waals surface area contributed by atoms with E-state index < -0.39 is 0 Å². The number of anilines is 2. The summed E-state index contributed by atoms with van der Waals surface area (Å²) in [5, 5.41) is 5.13. The standard InChI is InChI=1S/C12H16N4S/c1-13-11-8-12(15-9-14-11)16(2)6-5-10-4-3-7-17-10/h3-4,7-9H,5-6H2,1-2H3,(H,13,14,15). The SMILES string of the molecule is CNc1cc(N(C)CCc2cccs2)ncn1. The molecular formula is C12H16N4S. The molecule has 0 spiro atoms. The van der Waals surface area contributed by atoms with Crippen LogP contribution in [-0.2, 0) is 6.42 Å². The Balaban J connectivity index is 1.96. The van der Waals surface area contributed by atoms with Gasteiger partial charge in [-0.25, -0.2) is 9.97 Å². The highest BCUT2D eigenvalue weighted by atomic mass is 32.1. The molecule has 2 heterocycles. The molecule has 1 N–H and O–H groups in total. The van der Waals surface area contributed by atoms with Crippen molar-refractivity contribution in [1.29, 1.82) is 0 Å². The van der Waals surface area contributed by atoms with Crippen molar-refractivity contribution in [1.82, 2.24) is 9.97 Å². The van der Waals surface area contributed by atoms with Crippen LogP contribution in [0.5, 0.6) is 0 Å². The van der Waals surface area contributed by atoms with Crippen LogP contribution >= 0.6 is 11.3 Å². The van der Waals surface area contributed by atoms with Crippen molar-refractivity contribution >= 4 is 23.0 Å². The number of likely N-dealkylation sites (N-methyl/N-ethyl adjacent to an activating group) is 1. The Kier molecular flexibility index (Phi) is 3.93. The molecule has 90 valence electrons. The van der Waals surface area contributed by atoms with Crippen molar-refractivity contribution < 1.29 is 0 Å². The highest BCUT2D eigenvalue weighted by Crippen LogP contribution is 2.14. The average molecular weight is 248 g/mol. The van der Waals surface area contributed by atoms with Gasteiger partial charge in [-0.15, -0.1) is 11.3 Å². The molecule has 0 fully saturated rings. The average Bonchev–Trinajstić information content (AvgIpc) is 2.89. The van der Waals surface area contributed by atoms with Gasteiger partial charge < -0.3 is 10.2 Å². The molecule has 0 radical (unpaired) electrons. The highest BCUT2D eigenvalue weighted by molar-refractivity contribution is 7.09. The zero-order valence-corrected chi connectivity index (χ0v) is 10.9. The van der Waals surface area contributed by atoms with E-state index in [2.05, 4.69) is 44.7 Å². The summed E-state index contributed by atoms with van der Waals surface area (Å²) >= 11 is 1.80. The molecule has 4 nitrogen and oxygen atoms in total. The molecule has 0 unspecified atom stereocenters. The minimum absolute atomic E-state index is 0.845. The van der Waals surface area contributed by atoms with Gasteiger partial charge in [0.1, 0.15) is 18.0 Å². The lowest BCUT2D eigenvalue weighted by Crippen LogP contribution is -2.21. The quantitative estimate of drug-likeness (QED) is 0.881. The van der Waals surface area contributed by atoms with Crippen molar-refractivity contribution in [3.8, 4) is 0 Å². The number of aromatic nitrogens is 2. The highest BCUT2D eigenvalue weighted by Gasteiger charge is 2.04. The van der Waals surface area contributed by atoms with Gasteiger partial charge in [0.15, 0.2) is 0 Å². The molecule has 2 rings (SSSR count). The Morgan fingerprint density at radius 3 is 3.00 bits per heavy atom. The van der Waals surface area contributed by atoms with Crippen molar-refractivity contribution in [3.05, 3.63) is 34.8 Å². The molecule has 0 atom stereocenters. The van der Waals surface area contributed by atoms with Crippen molar-refractivity contribution in [2.45, 2.75) is 6.42 Å². The van der Waals surface area contributed by atoms with Gasteiger partial charge in [-0.05, 0) is 17.9 Å². The second kappa shape index (κ2) is 5.63. The van der Waals surface area contributed by atoms with E-state index in [1.54, 1.807) is 17.7 Å². The summed E-state index contributed by atoms with van der Waals surface area (Å²) in [5.74, 6) is 1.79. The maximum atomic E-state index is 4.27. The monoisotopic (exact) mass is 248 g/mol. The fourth-order valence-corrected chi connectivity index (χ4v) is 2.24. The zero-order chi connectivity index (χ0) is 12.1. The Morgan fingerprint density at radius 2 is 2.29 bits per heavy atom. The fourth-order valence-electron chi connectivity index (χ4n) is 1.54. The topological polar surface area (TPSA) is 41.0 Å². The normalized spacial score (nSPS) is 10.2. The van der Waals surface area contributed by atoms with Gasteiger partial charge in [-0.3, -0.25) is 0 Å². The molecule has 0 aromatic carbocycles. The molecule has 17 heavy (non-hydrogen) atoms. The lowest BCUT2D eigenvalue weighted by Gasteiger charge is -2.17. The summed E-state index contributed by atoms with van der Waals surface area (Å²) in [4.78, 5) is 11.9. The van der Waals surface area contributed by atoms with E-state index in [-0.39, 0.29) is 0 Å². The van der Waals surface area contributed by atoms with Gasteiger partial charge in [0, 0.05) is 31.6 Å². The van der Waals surface area contributed by atoms with Gasteiger partial charge in [-0.1, -0.05) is 6.07 Å². The molecule has 0 amide bonds. The third kappa shape index (κ3) is 3.17. The van der Waals surface area contributed by atoms with Crippen molar-refractivity contribution in [2.75, 3.05) is 30.9 Å². The van der Waals surface area contributed by atoms with Gasteiger partial charge >= 0.3 is 0 Å². The third-order valence-corrected chi connectivity index (χ3v) is 3.51. The first-order valence-corrected chi connectivity index (χ1v) is 6.41. The smallest absolute Gasteiger partial charge is 0.133 e. The molecule has 0 aliphatic heterocycles. The first-order chi connectivity index (χ1) is 8.29. The number of nitrogens with zero attached hydrogens (tertiary/aromatic N) is 3. The van der Waals surface area contributed by atoms with Crippen LogP contribution < -0.4 is 10.2 Å². The summed E-state index contributed by atoms with van der Waals surface area (Å²) in [7, 11) is 3.91. The van der Waals surface area contributed by atoms with E-state index in [4.69, 9.17) is 0 Å². The lowest BCUT2D eigenvalue weighted by atomic mass is 10.3. The molecule has 2 aromatic heterocycles. The maximum absolute atomic E-state index is 4.27. The minimum Gasteiger partial charge on any atom is -0.373 e. The molecule has 0 aliphatic carbocycles. The van der Waals surface area contributed by atoms with Gasteiger partial charge in [0.25, 0.3) is 0 Å². The first kappa shape index (κ1) is 11.9. The van der Waals surface area contributed by atoms with Crippen LogP contribution in [0.25, 0.3) is 0 Å². The van der Waals surface area contributed by atoms with Crippen LogP contribution in [-0.4, -0.2) is 30.6 Å². The van der Waals surface area contributed by atoms with Crippen LogP contribution in [0, 0.1) is 0 Å². The molecular weight excluding hydrogens is 232 g/mol. The van der Waals surface area contributed by atoms with E-state index in [1.165, 1.54) is 4.88 Å². The van der Waals surface area contributed by atoms with Gasteiger partial charge in [-0.2, -0.15) is 0 Å². The summed E-state index contributed by atoms with van der Waals surface area (Å²) < 4.78 is 0. The predicted octanol–water partition coefficient (Wildman–Crippen LogP) is 2.26. The van der Waals surface area contributed by atoms with E-state index in [9.17, 15) is 0 Å². The zero-order valence-electron chi connectivity index (χ0n) is 10.1. The molecule has 0 saturated carbocycles. The van der Waals surface area contributed by atoms with E-state index in [1.807, 2.05) is 13.1 Å². The van der Waals surface area contributed by atoms with E-state index >= 15 is 0 Å². The molecule has 0 aliphatic rings. The molecule has 5 heteroatoms. The van der Waals surface area contributed by atoms with Crippen LogP contribution in [0.2, 0.25) is 0 Å². The van der Waals surface area contributed by atoms with Crippen molar-refractivity contribution in [3.63, 3.8) is 0 Å². The molecule has 0 saturated heterocycles. The largest absolute Gasteiger partial charge is 0.373 e. The number of nitrogens with one attached hydrogen (secondary N) is 1. The third-order valence-electron chi connectivity index (χ3n) is 2.57. The fraction of sp³-hybridized carbons (Fsp3) is 0.333. The number of hydrogen-bond acceptors (Lipinski definition) is 5. The van der Waals surface area contributed by atoms with E-state index in [0.717, 1.165) is 24.6 Å². The number of hydrogen-bond donors (Lipinski definition) is 1. The number of rotatable bonds is 5. The summed E-state index contributed by atoms with van der Waals surface area (Å²) in [6, 6.07) is 6.20. The Morgan fingerprint density at radius 1 is 1.41 bits per heavy atom.